The number of rotatable bonds is 2. The quantitative estimate of drug-likeness (QED) is 0.775. The predicted molar refractivity (Wildman–Crippen MR) is 67.6 cm³/mol. The van der Waals surface area contributed by atoms with Gasteiger partial charge in [0.1, 0.15) is 11.8 Å². The number of amides is 1. The molecule has 1 amide bonds. The van der Waals surface area contributed by atoms with Crippen LogP contribution >= 0.6 is 0 Å². The van der Waals surface area contributed by atoms with Crippen molar-refractivity contribution in [2.24, 2.45) is 0 Å². The van der Waals surface area contributed by atoms with Gasteiger partial charge in [0, 0.05) is 26.2 Å². The molecule has 0 unspecified atom stereocenters. The number of piperazine rings is 1. The van der Waals surface area contributed by atoms with Crippen LogP contribution in [0.5, 0.6) is 5.75 Å². The monoisotopic (exact) mass is 245 g/mol. The third kappa shape index (κ3) is 2.23. The van der Waals surface area contributed by atoms with Gasteiger partial charge in [-0.3, -0.25) is 4.79 Å². The van der Waals surface area contributed by atoms with E-state index in [-0.39, 0.29) is 5.91 Å². The van der Waals surface area contributed by atoms with Crippen LogP contribution in [0, 0.1) is 11.3 Å². The summed E-state index contributed by atoms with van der Waals surface area (Å²) in [4.78, 5) is 15.3. The fraction of sp³-hybridized carbons (Fsp3) is 0.385. The Labute approximate surface area is 106 Å². The molecule has 94 valence electrons. The van der Waals surface area contributed by atoms with E-state index < -0.39 is 0 Å². The molecule has 0 bridgehead atoms. The molecule has 0 spiro atoms. The van der Waals surface area contributed by atoms with Crippen molar-refractivity contribution in [3.63, 3.8) is 0 Å². The van der Waals surface area contributed by atoms with Crippen molar-refractivity contribution in [1.29, 1.82) is 5.26 Å². The van der Waals surface area contributed by atoms with Crippen molar-refractivity contribution in [1.82, 2.24) is 4.90 Å². The highest BCUT2D eigenvalue weighted by Gasteiger charge is 2.23. The zero-order valence-corrected chi connectivity index (χ0v) is 10.5. The maximum atomic E-state index is 11.7. The van der Waals surface area contributed by atoms with Gasteiger partial charge in [0.25, 0.3) is 0 Å². The molecular weight excluding hydrogens is 230 g/mol. The van der Waals surface area contributed by atoms with Gasteiger partial charge in [-0.25, -0.2) is 0 Å². The van der Waals surface area contributed by atoms with E-state index in [1.54, 1.807) is 37.3 Å². The van der Waals surface area contributed by atoms with E-state index in [4.69, 9.17) is 10.00 Å². The van der Waals surface area contributed by atoms with E-state index in [9.17, 15) is 4.79 Å². The maximum Gasteiger partial charge on any atom is 0.241 e. The number of nitriles is 1. The first-order valence-electron chi connectivity index (χ1n) is 5.72. The molecule has 1 heterocycles. The molecule has 0 aromatic heterocycles. The van der Waals surface area contributed by atoms with E-state index in [1.807, 2.05) is 4.90 Å². The summed E-state index contributed by atoms with van der Waals surface area (Å²) in [5, 5.41) is 9.12. The standard InChI is InChI=1S/C13H15N3O2/c1-15-5-6-16(9-13(15)17)12-7-11(18-2)4-3-10(12)8-14/h3-4,7H,5-6,9H2,1-2H3. The summed E-state index contributed by atoms with van der Waals surface area (Å²) < 4.78 is 5.16. The minimum absolute atomic E-state index is 0.0629. The highest BCUT2D eigenvalue weighted by molar-refractivity contribution is 5.83. The minimum Gasteiger partial charge on any atom is -0.497 e. The molecule has 5 nitrogen and oxygen atoms in total. The minimum atomic E-state index is 0.0629. The van der Waals surface area contributed by atoms with Gasteiger partial charge >= 0.3 is 0 Å². The molecule has 18 heavy (non-hydrogen) atoms. The van der Waals surface area contributed by atoms with Gasteiger partial charge in [0.2, 0.25) is 5.91 Å². The summed E-state index contributed by atoms with van der Waals surface area (Å²) in [7, 11) is 3.37. The summed E-state index contributed by atoms with van der Waals surface area (Å²) in [6, 6.07) is 7.42. The van der Waals surface area contributed by atoms with Crippen LogP contribution in [0.2, 0.25) is 0 Å². The molecule has 0 radical (unpaired) electrons. The fourth-order valence-corrected chi connectivity index (χ4v) is 1.96. The van der Waals surface area contributed by atoms with Gasteiger partial charge in [-0.15, -0.1) is 0 Å². The summed E-state index contributed by atoms with van der Waals surface area (Å²) in [5.74, 6) is 0.753. The van der Waals surface area contributed by atoms with E-state index in [2.05, 4.69) is 6.07 Å². The number of carbonyl (C=O) groups is 1. The zero-order chi connectivity index (χ0) is 13.1. The van der Waals surface area contributed by atoms with Crippen LogP contribution in [-0.4, -0.2) is 44.6 Å². The average molecular weight is 245 g/mol. The van der Waals surface area contributed by atoms with Crippen molar-refractivity contribution in [2.75, 3.05) is 38.7 Å². The van der Waals surface area contributed by atoms with Crippen molar-refractivity contribution < 1.29 is 9.53 Å². The Morgan fingerprint density at radius 1 is 1.39 bits per heavy atom. The number of carbonyl (C=O) groups excluding carboxylic acids is 1. The Morgan fingerprint density at radius 3 is 2.78 bits per heavy atom. The van der Waals surface area contributed by atoms with Gasteiger partial charge in [-0.1, -0.05) is 0 Å². The number of likely N-dealkylation sites (N-methyl/N-ethyl adjacent to an activating group) is 1. The predicted octanol–water partition coefficient (Wildman–Crippen LogP) is 0.845. The first-order chi connectivity index (χ1) is 8.65. The van der Waals surface area contributed by atoms with Gasteiger partial charge < -0.3 is 14.5 Å². The zero-order valence-electron chi connectivity index (χ0n) is 10.5. The van der Waals surface area contributed by atoms with Crippen LogP contribution < -0.4 is 9.64 Å². The molecule has 2 rings (SSSR count). The van der Waals surface area contributed by atoms with Crippen molar-refractivity contribution in [3.05, 3.63) is 23.8 Å². The Kier molecular flexibility index (Phi) is 3.38. The van der Waals surface area contributed by atoms with Gasteiger partial charge in [0.05, 0.1) is 24.9 Å². The molecule has 1 aromatic carbocycles. The molecule has 0 N–H and O–H groups in total. The number of anilines is 1. The van der Waals surface area contributed by atoms with Gasteiger partial charge in [-0.05, 0) is 12.1 Å². The number of hydrogen-bond acceptors (Lipinski definition) is 4. The van der Waals surface area contributed by atoms with E-state index >= 15 is 0 Å². The number of methoxy groups -OCH3 is 1. The Balaban J connectivity index is 2.32. The Bertz CT molecular complexity index is 507. The summed E-state index contributed by atoms with van der Waals surface area (Å²) >= 11 is 0. The SMILES string of the molecule is COc1ccc(C#N)c(N2CCN(C)C(=O)C2)c1. The Morgan fingerprint density at radius 2 is 2.17 bits per heavy atom. The molecule has 1 saturated heterocycles. The van der Waals surface area contributed by atoms with Crippen LogP contribution in [0.1, 0.15) is 5.56 Å². The lowest BCUT2D eigenvalue weighted by molar-refractivity contribution is -0.129. The first kappa shape index (κ1) is 12.2. The number of hydrogen-bond donors (Lipinski definition) is 0. The number of benzene rings is 1. The lowest BCUT2D eigenvalue weighted by atomic mass is 10.1. The Hall–Kier alpha value is -2.22. The third-order valence-corrected chi connectivity index (χ3v) is 3.12. The molecule has 1 aromatic rings. The van der Waals surface area contributed by atoms with Crippen molar-refractivity contribution >= 4 is 11.6 Å². The molecule has 1 fully saturated rings. The van der Waals surface area contributed by atoms with Crippen LogP contribution in [0.4, 0.5) is 5.69 Å². The molecule has 0 aliphatic carbocycles. The number of nitrogens with zero attached hydrogens (tertiary/aromatic N) is 3. The second-order valence-electron chi connectivity index (χ2n) is 4.23. The summed E-state index contributed by atoms with van der Waals surface area (Å²) in [6.45, 7) is 1.70. The maximum absolute atomic E-state index is 11.7. The molecule has 1 aliphatic rings. The lowest BCUT2D eigenvalue weighted by Gasteiger charge is -2.34. The summed E-state index contributed by atoms with van der Waals surface area (Å²) in [6.07, 6.45) is 0. The van der Waals surface area contributed by atoms with Crippen molar-refractivity contribution in [3.8, 4) is 11.8 Å². The van der Waals surface area contributed by atoms with Crippen molar-refractivity contribution in [2.45, 2.75) is 0 Å². The summed E-state index contributed by atoms with van der Waals surface area (Å²) in [5.41, 5.74) is 1.33. The van der Waals surface area contributed by atoms with Crippen LogP contribution in [-0.2, 0) is 4.79 Å². The van der Waals surface area contributed by atoms with Crippen LogP contribution in [0.25, 0.3) is 0 Å². The molecule has 0 atom stereocenters. The molecular formula is C13H15N3O2. The van der Waals surface area contributed by atoms with Gasteiger partial charge in [-0.2, -0.15) is 5.26 Å². The molecule has 1 aliphatic heterocycles. The third-order valence-electron chi connectivity index (χ3n) is 3.12. The first-order valence-corrected chi connectivity index (χ1v) is 5.72. The van der Waals surface area contributed by atoms with E-state index in [0.29, 0.717) is 24.4 Å². The van der Waals surface area contributed by atoms with Crippen LogP contribution in [0.15, 0.2) is 18.2 Å². The fourth-order valence-electron chi connectivity index (χ4n) is 1.96. The highest BCUT2D eigenvalue weighted by Crippen LogP contribution is 2.26. The highest BCUT2D eigenvalue weighted by atomic mass is 16.5. The lowest BCUT2D eigenvalue weighted by Crippen LogP contribution is -2.48. The van der Waals surface area contributed by atoms with Crippen LogP contribution in [0.3, 0.4) is 0 Å². The van der Waals surface area contributed by atoms with Gasteiger partial charge in [0.15, 0.2) is 0 Å². The normalized spacial score (nSPS) is 15.5. The average Bonchev–Trinajstić information content (AvgIpc) is 2.41. The topological polar surface area (TPSA) is 56.6 Å². The smallest absolute Gasteiger partial charge is 0.241 e. The van der Waals surface area contributed by atoms with E-state index in [0.717, 1.165) is 12.2 Å². The molecule has 5 heteroatoms. The van der Waals surface area contributed by atoms with E-state index in [1.165, 1.54) is 0 Å². The molecule has 0 saturated carbocycles. The number of ether oxygens (including phenoxy) is 1. The second kappa shape index (κ2) is 4.96. The largest absolute Gasteiger partial charge is 0.497 e. The second-order valence-corrected chi connectivity index (χ2v) is 4.23.